The van der Waals surface area contributed by atoms with E-state index < -0.39 is 0 Å². The summed E-state index contributed by atoms with van der Waals surface area (Å²) in [5.41, 5.74) is 0. The smallest absolute Gasteiger partial charge is 0.0791 e. The molecule has 0 amide bonds. The molecule has 2 N–H and O–H groups in total. The Morgan fingerprint density at radius 3 is 2.57 bits per heavy atom. The van der Waals surface area contributed by atoms with Gasteiger partial charge >= 0.3 is 0 Å². The minimum atomic E-state index is -0.298. The van der Waals surface area contributed by atoms with Crippen molar-refractivity contribution in [3.63, 3.8) is 0 Å². The van der Waals surface area contributed by atoms with E-state index in [9.17, 15) is 5.11 Å². The summed E-state index contributed by atoms with van der Waals surface area (Å²) in [6, 6.07) is 0. The van der Waals surface area contributed by atoms with E-state index in [0.717, 1.165) is 32.6 Å². The zero-order valence-corrected chi connectivity index (χ0v) is 9.29. The van der Waals surface area contributed by atoms with E-state index in [4.69, 9.17) is 6.42 Å². The van der Waals surface area contributed by atoms with Crippen molar-refractivity contribution in [3.8, 4) is 12.3 Å². The third kappa shape index (κ3) is 6.90. The predicted molar refractivity (Wildman–Crippen MR) is 60.1 cm³/mol. The molecule has 3 nitrogen and oxygen atoms in total. The monoisotopic (exact) mass is 198 g/mol. The third-order valence-electron chi connectivity index (χ3n) is 2.19. The van der Waals surface area contributed by atoms with Crippen molar-refractivity contribution < 1.29 is 5.11 Å². The Balaban J connectivity index is 3.44. The minimum absolute atomic E-state index is 0.298. The predicted octanol–water partition coefficient (Wildman–Crippen LogP) is 0.302. The van der Waals surface area contributed by atoms with Crippen LogP contribution in [0.15, 0.2) is 0 Å². The maximum atomic E-state index is 9.63. The number of aliphatic hydroxyl groups excluding tert-OH is 1. The average molecular weight is 198 g/mol. The van der Waals surface area contributed by atoms with Crippen LogP contribution in [-0.2, 0) is 0 Å². The van der Waals surface area contributed by atoms with Crippen LogP contribution in [-0.4, -0.2) is 48.8 Å². The van der Waals surface area contributed by atoms with Crippen LogP contribution in [0.1, 0.15) is 20.3 Å². The van der Waals surface area contributed by atoms with Crippen LogP contribution in [0.4, 0.5) is 0 Å². The zero-order chi connectivity index (χ0) is 10.8. The first-order valence-corrected chi connectivity index (χ1v) is 5.29. The molecule has 1 unspecified atom stereocenters. The first kappa shape index (κ1) is 13.4. The van der Waals surface area contributed by atoms with Gasteiger partial charge < -0.3 is 15.3 Å². The normalized spacial score (nSPS) is 12.8. The lowest BCUT2D eigenvalue weighted by molar-refractivity contribution is 0.117. The van der Waals surface area contributed by atoms with Gasteiger partial charge in [-0.25, -0.2) is 0 Å². The quantitative estimate of drug-likeness (QED) is 0.435. The number of terminal acetylenes is 1. The van der Waals surface area contributed by atoms with Crippen molar-refractivity contribution in [2.75, 3.05) is 32.7 Å². The Kier molecular flexibility index (Phi) is 8.65. The van der Waals surface area contributed by atoms with E-state index in [1.54, 1.807) is 0 Å². The number of rotatable bonds is 8. The molecule has 0 saturated carbocycles. The Bertz CT molecular complexity index is 161. The molecule has 1 atom stereocenters. The van der Waals surface area contributed by atoms with Gasteiger partial charge in [-0.05, 0) is 13.1 Å². The molecule has 0 aromatic rings. The highest BCUT2D eigenvalue weighted by atomic mass is 16.3. The number of hydrogen-bond donors (Lipinski definition) is 2. The molecule has 3 heteroatoms. The number of nitrogens with zero attached hydrogens (tertiary/aromatic N) is 1. The van der Waals surface area contributed by atoms with Gasteiger partial charge in [-0.3, -0.25) is 0 Å². The van der Waals surface area contributed by atoms with E-state index in [1.807, 2.05) is 0 Å². The molecule has 82 valence electrons. The van der Waals surface area contributed by atoms with Crippen molar-refractivity contribution in [3.05, 3.63) is 0 Å². The fourth-order valence-corrected chi connectivity index (χ4v) is 1.27. The summed E-state index contributed by atoms with van der Waals surface area (Å²) in [4.78, 5) is 2.20. The molecule has 0 saturated heterocycles. The second-order valence-electron chi connectivity index (χ2n) is 3.30. The van der Waals surface area contributed by atoms with E-state index in [2.05, 4.69) is 30.0 Å². The van der Waals surface area contributed by atoms with Gasteiger partial charge in [0, 0.05) is 26.1 Å². The number of likely N-dealkylation sites (N-methyl/N-ethyl adjacent to an activating group) is 1. The third-order valence-corrected chi connectivity index (χ3v) is 2.19. The molecule has 0 aromatic carbocycles. The molecular formula is C11H22N2O. The number of hydrogen-bond acceptors (Lipinski definition) is 3. The summed E-state index contributed by atoms with van der Waals surface area (Å²) in [6.07, 6.45) is 5.53. The van der Waals surface area contributed by atoms with Gasteiger partial charge in [0.2, 0.25) is 0 Å². The van der Waals surface area contributed by atoms with E-state index in [1.165, 1.54) is 0 Å². The Hall–Kier alpha value is -0.560. The van der Waals surface area contributed by atoms with Crippen molar-refractivity contribution in [1.29, 1.82) is 0 Å². The highest BCUT2D eigenvalue weighted by Gasteiger charge is 2.07. The second kappa shape index (κ2) is 9.01. The second-order valence-corrected chi connectivity index (χ2v) is 3.30. The van der Waals surface area contributed by atoms with Crippen molar-refractivity contribution >= 4 is 0 Å². The summed E-state index contributed by atoms with van der Waals surface area (Å²) in [6.45, 7) is 8.31. The summed E-state index contributed by atoms with van der Waals surface area (Å²) in [5.74, 6) is 2.55. The fourth-order valence-electron chi connectivity index (χ4n) is 1.27. The molecule has 0 spiro atoms. The zero-order valence-electron chi connectivity index (χ0n) is 9.29. The first-order valence-electron chi connectivity index (χ1n) is 5.29. The summed E-state index contributed by atoms with van der Waals surface area (Å²) in [7, 11) is 0. The van der Waals surface area contributed by atoms with Gasteiger partial charge in [0.1, 0.15) is 0 Å². The maximum Gasteiger partial charge on any atom is 0.0791 e. The topological polar surface area (TPSA) is 35.5 Å². The molecule has 0 bridgehead atoms. The Morgan fingerprint density at radius 2 is 2.07 bits per heavy atom. The first-order chi connectivity index (χ1) is 6.74. The van der Waals surface area contributed by atoms with E-state index in [0.29, 0.717) is 6.54 Å². The SMILES string of the molecule is C#CCCNCC(O)CN(CC)CC. The fraction of sp³-hybridized carbons (Fsp3) is 0.818. The Morgan fingerprint density at radius 1 is 1.43 bits per heavy atom. The molecule has 0 radical (unpaired) electrons. The van der Waals surface area contributed by atoms with Gasteiger partial charge in [0.25, 0.3) is 0 Å². The van der Waals surface area contributed by atoms with Crippen LogP contribution in [0.25, 0.3) is 0 Å². The lowest BCUT2D eigenvalue weighted by atomic mass is 10.3. The standard InChI is InChI=1S/C11H22N2O/c1-4-7-8-12-9-11(14)10-13(5-2)6-3/h1,11-12,14H,5-10H2,2-3H3. The van der Waals surface area contributed by atoms with Crippen LogP contribution in [0.5, 0.6) is 0 Å². The van der Waals surface area contributed by atoms with Crippen LogP contribution < -0.4 is 5.32 Å². The average Bonchev–Trinajstić information content (AvgIpc) is 2.21. The highest BCUT2D eigenvalue weighted by molar-refractivity contribution is 4.84. The van der Waals surface area contributed by atoms with Gasteiger partial charge in [0.15, 0.2) is 0 Å². The van der Waals surface area contributed by atoms with Gasteiger partial charge in [-0.2, -0.15) is 0 Å². The van der Waals surface area contributed by atoms with E-state index >= 15 is 0 Å². The highest BCUT2D eigenvalue weighted by Crippen LogP contribution is 1.90. The van der Waals surface area contributed by atoms with Gasteiger partial charge in [0.05, 0.1) is 6.10 Å². The molecule has 0 aliphatic carbocycles. The van der Waals surface area contributed by atoms with Gasteiger partial charge in [-0.15, -0.1) is 12.3 Å². The number of aliphatic hydroxyl groups is 1. The molecular weight excluding hydrogens is 176 g/mol. The molecule has 0 rings (SSSR count). The van der Waals surface area contributed by atoms with Crippen LogP contribution >= 0.6 is 0 Å². The summed E-state index contributed by atoms with van der Waals surface area (Å²) < 4.78 is 0. The maximum absolute atomic E-state index is 9.63. The van der Waals surface area contributed by atoms with Crippen molar-refractivity contribution in [1.82, 2.24) is 10.2 Å². The molecule has 0 fully saturated rings. The van der Waals surface area contributed by atoms with Crippen LogP contribution in [0.2, 0.25) is 0 Å². The molecule has 0 heterocycles. The minimum Gasteiger partial charge on any atom is -0.390 e. The largest absolute Gasteiger partial charge is 0.390 e. The van der Waals surface area contributed by atoms with Crippen molar-refractivity contribution in [2.45, 2.75) is 26.4 Å². The van der Waals surface area contributed by atoms with Crippen molar-refractivity contribution in [2.24, 2.45) is 0 Å². The molecule has 0 aliphatic heterocycles. The molecule has 0 aromatic heterocycles. The van der Waals surface area contributed by atoms with Gasteiger partial charge in [-0.1, -0.05) is 13.8 Å². The Labute approximate surface area is 87.5 Å². The summed E-state index contributed by atoms with van der Waals surface area (Å²) >= 11 is 0. The van der Waals surface area contributed by atoms with E-state index in [-0.39, 0.29) is 6.10 Å². The molecule has 0 aliphatic rings. The van der Waals surface area contributed by atoms with Crippen LogP contribution in [0.3, 0.4) is 0 Å². The van der Waals surface area contributed by atoms with Crippen LogP contribution in [0, 0.1) is 12.3 Å². The summed E-state index contributed by atoms with van der Waals surface area (Å²) in [5, 5.41) is 12.7. The molecule has 14 heavy (non-hydrogen) atoms. The lowest BCUT2D eigenvalue weighted by Gasteiger charge is -2.21. The lowest BCUT2D eigenvalue weighted by Crippen LogP contribution is -2.38. The number of nitrogens with one attached hydrogen (secondary N) is 1.